The van der Waals surface area contributed by atoms with Gasteiger partial charge in [-0.1, -0.05) is 30.3 Å². The van der Waals surface area contributed by atoms with Crippen LogP contribution in [0.1, 0.15) is 37.4 Å². The molecule has 36 heavy (non-hydrogen) atoms. The Morgan fingerprint density at radius 1 is 0.917 bits per heavy atom. The second-order valence-electron chi connectivity index (χ2n) is 8.31. The van der Waals surface area contributed by atoms with Gasteiger partial charge in [-0.2, -0.15) is 5.26 Å². The van der Waals surface area contributed by atoms with Gasteiger partial charge in [0.25, 0.3) is 17.7 Å². The summed E-state index contributed by atoms with van der Waals surface area (Å²) in [7, 11) is 0. The lowest BCUT2D eigenvalue weighted by atomic mass is 10.1. The van der Waals surface area contributed by atoms with E-state index in [4.69, 9.17) is 5.73 Å². The molecule has 3 amide bonds. The van der Waals surface area contributed by atoms with Crippen LogP contribution in [-0.2, 0) is 17.9 Å². The van der Waals surface area contributed by atoms with Gasteiger partial charge in [-0.25, -0.2) is 4.39 Å². The monoisotopic (exact) mass is 485 g/mol. The molecule has 0 bridgehead atoms. The maximum Gasteiger partial charge on any atom is 0.264 e. The first-order valence-electron chi connectivity index (χ1n) is 11.3. The molecule has 1 aliphatic rings. The van der Waals surface area contributed by atoms with Crippen molar-refractivity contribution in [2.24, 2.45) is 5.73 Å². The number of nitrogens with one attached hydrogen (secondary N) is 1. The Morgan fingerprint density at radius 2 is 1.56 bits per heavy atom. The van der Waals surface area contributed by atoms with E-state index in [1.165, 1.54) is 40.1 Å². The highest BCUT2D eigenvalue weighted by Crippen LogP contribution is 2.22. The van der Waals surface area contributed by atoms with E-state index in [1.807, 2.05) is 30.3 Å². The number of hydrogen-bond donors (Lipinski definition) is 2. The molecule has 0 saturated carbocycles. The molecule has 0 spiro atoms. The lowest BCUT2D eigenvalue weighted by molar-refractivity contribution is -0.128. The highest BCUT2D eigenvalue weighted by Gasteiger charge is 2.43. The number of rotatable bonds is 6. The first-order chi connectivity index (χ1) is 17.4. The summed E-state index contributed by atoms with van der Waals surface area (Å²) >= 11 is 0. The Morgan fingerprint density at radius 3 is 2.22 bits per heavy atom. The van der Waals surface area contributed by atoms with Crippen LogP contribution < -0.4 is 11.1 Å². The quantitative estimate of drug-likeness (QED) is 0.556. The molecule has 8 nitrogen and oxygen atoms in total. The third-order valence-electron chi connectivity index (χ3n) is 5.95. The molecule has 0 aliphatic carbocycles. The molecule has 0 aromatic heterocycles. The van der Waals surface area contributed by atoms with E-state index in [9.17, 15) is 24.0 Å². The molecule has 0 radical (unpaired) electrons. The first-order valence-corrected chi connectivity index (χ1v) is 11.3. The second-order valence-corrected chi connectivity index (χ2v) is 8.31. The molecule has 1 unspecified atom stereocenters. The summed E-state index contributed by atoms with van der Waals surface area (Å²) < 4.78 is 13.4. The third-order valence-corrected chi connectivity index (χ3v) is 5.95. The molecule has 1 aliphatic heterocycles. The van der Waals surface area contributed by atoms with Crippen molar-refractivity contribution in [2.45, 2.75) is 19.3 Å². The molecular weight excluding hydrogens is 461 g/mol. The molecule has 1 heterocycles. The van der Waals surface area contributed by atoms with Crippen LogP contribution >= 0.6 is 0 Å². The van der Waals surface area contributed by atoms with Crippen molar-refractivity contribution in [1.82, 2.24) is 15.1 Å². The average Bonchev–Trinajstić information content (AvgIpc) is 3.36. The van der Waals surface area contributed by atoms with Gasteiger partial charge < -0.3 is 20.9 Å². The number of hydrogen-bond acceptors (Lipinski definition) is 5. The van der Waals surface area contributed by atoms with E-state index in [1.54, 1.807) is 18.2 Å². The lowest BCUT2D eigenvalue weighted by Gasteiger charge is -2.29. The van der Waals surface area contributed by atoms with Crippen molar-refractivity contribution < 1.29 is 18.8 Å². The maximum absolute atomic E-state index is 13.4. The summed E-state index contributed by atoms with van der Waals surface area (Å²) in [5.74, 6) is -2.00. The predicted molar refractivity (Wildman–Crippen MR) is 130 cm³/mol. The first kappa shape index (κ1) is 24.6. The van der Waals surface area contributed by atoms with Gasteiger partial charge in [0, 0.05) is 37.3 Å². The van der Waals surface area contributed by atoms with Crippen LogP contribution in [0.2, 0.25) is 0 Å². The smallest absolute Gasteiger partial charge is 0.264 e. The number of nitrogens with two attached hydrogens (primary N) is 1. The van der Waals surface area contributed by atoms with Gasteiger partial charge in [-0.3, -0.25) is 14.4 Å². The number of carbonyl (C=O) groups excluding carboxylic acids is 3. The fourth-order valence-electron chi connectivity index (χ4n) is 4.13. The minimum absolute atomic E-state index is 0.112. The van der Waals surface area contributed by atoms with Crippen LogP contribution in [0, 0.1) is 17.1 Å². The summed E-state index contributed by atoms with van der Waals surface area (Å²) in [6.07, 6.45) is -1.22. The molecule has 1 fully saturated rings. The van der Waals surface area contributed by atoms with Gasteiger partial charge in [0.15, 0.2) is 6.17 Å². The van der Waals surface area contributed by atoms with Gasteiger partial charge >= 0.3 is 0 Å². The normalized spacial score (nSPS) is 14.9. The third kappa shape index (κ3) is 5.24. The van der Waals surface area contributed by atoms with Gasteiger partial charge in [0.2, 0.25) is 0 Å². The van der Waals surface area contributed by atoms with Crippen LogP contribution in [0.15, 0.2) is 72.8 Å². The Bertz CT molecular complexity index is 1340. The van der Waals surface area contributed by atoms with Crippen LogP contribution in [0.5, 0.6) is 0 Å². The fourth-order valence-corrected chi connectivity index (χ4v) is 4.13. The molecule has 1 atom stereocenters. The molecule has 3 aromatic carbocycles. The Hall–Kier alpha value is -4.55. The zero-order valence-electron chi connectivity index (χ0n) is 19.4. The average molecular weight is 486 g/mol. The number of nitriles is 1. The van der Waals surface area contributed by atoms with Crippen molar-refractivity contribution in [3.63, 3.8) is 0 Å². The van der Waals surface area contributed by atoms with E-state index in [2.05, 4.69) is 5.32 Å². The van der Waals surface area contributed by atoms with Crippen molar-refractivity contribution in [3.8, 4) is 6.07 Å². The minimum atomic E-state index is -1.22. The molecule has 9 heteroatoms. The Labute approximate surface area is 207 Å². The largest absolute Gasteiger partial charge is 0.349 e. The number of carbonyl (C=O) groups is 3. The van der Waals surface area contributed by atoms with Gasteiger partial charge in [-0.05, 0) is 53.6 Å². The zero-order valence-corrected chi connectivity index (χ0v) is 19.4. The highest BCUT2D eigenvalue weighted by atomic mass is 19.1. The number of nitrogens with zero attached hydrogens (tertiary/aromatic N) is 3. The number of benzene rings is 3. The van der Waals surface area contributed by atoms with Crippen molar-refractivity contribution in [1.29, 1.82) is 5.26 Å². The second kappa shape index (κ2) is 10.8. The molecule has 4 rings (SSSR count). The number of amides is 3. The SMILES string of the molecule is N#Cc1cccc(C(=O)N2CCN(C(=O)c3ccc(F)cc3)C2C(=O)NCc2cccc(CN)c2)c1. The molecule has 3 aromatic rings. The summed E-state index contributed by atoms with van der Waals surface area (Å²) in [6.45, 7) is 0.756. The topological polar surface area (TPSA) is 120 Å². The number of halogens is 1. The summed E-state index contributed by atoms with van der Waals surface area (Å²) in [5.41, 5.74) is 8.17. The predicted octanol–water partition coefficient (Wildman–Crippen LogP) is 2.40. The minimum Gasteiger partial charge on any atom is -0.349 e. The van der Waals surface area contributed by atoms with Crippen molar-refractivity contribution in [2.75, 3.05) is 13.1 Å². The van der Waals surface area contributed by atoms with Gasteiger partial charge in [0.05, 0.1) is 11.6 Å². The standard InChI is InChI=1S/C27H24FN5O3/c28-23-9-7-21(8-10-23)26(35)32-11-12-33(27(36)22-6-2-4-19(14-22)16-30)25(32)24(34)31-17-20-5-1-3-18(13-20)15-29/h1-10,13-14,25H,11-12,15,17,29H2,(H,31,34). The molecular formula is C27H24FN5O3. The molecule has 1 saturated heterocycles. The zero-order chi connectivity index (χ0) is 25.7. The van der Waals surface area contributed by atoms with Crippen LogP contribution in [-0.4, -0.2) is 46.8 Å². The van der Waals surface area contributed by atoms with Crippen LogP contribution in [0.3, 0.4) is 0 Å². The highest BCUT2D eigenvalue weighted by molar-refractivity contribution is 6.02. The van der Waals surface area contributed by atoms with E-state index >= 15 is 0 Å². The molecule has 3 N–H and O–H groups in total. The van der Waals surface area contributed by atoms with Crippen molar-refractivity contribution in [3.05, 3.63) is 106 Å². The van der Waals surface area contributed by atoms with Crippen LogP contribution in [0.4, 0.5) is 4.39 Å². The Kier molecular flexibility index (Phi) is 7.37. The summed E-state index contributed by atoms with van der Waals surface area (Å²) in [6, 6.07) is 20.6. The van der Waals surface area contributed by atoms with E-state index < -0.39 is 29.7 Å². The Balaban J connectivity index is 1.61. The maximum atomic E-state index is 13.4. The summed E-state index contributed by atoms with van der Waals surface area (Å²) in [4.78, 5) is 42.6. The lowest BCUT2D eigenvalue weighted by Crippen LogP contribution is -2.53. The van der Waals surface area contributed by atoms with Crippen molar-refractivity contribution >= 4 is 17.7 Å². The fraction of sp³-hybridized carbons (Fsp3) is 0.185. The van der Waals surface area contributed by atoms with E-state index in [0.717, 1.165) is 11.1 Å². The van der Waals surface area contributed by atoms with Crippen LogP contribution in [0.25, 0.3) is 0 Å². The van der Waals surface area contributed by atoms with E-state index in [0.29, 0.717) is 12.1 Å². The summed E-state index contributed by atoms with van der Waals surface area (Å²) in [5, 5.41) is 12.0. The van der Waals surface area contributed by atoms with E-state index in [-0.39, 0.29) is 30.8 Å². The van der Waals surface area contributed by atoms with Gasteiger partial charge in [0.1, 0.15) is 5.82 Å². The molecule has 182 valence electrons. The van der Waals surface area contributed by atoms with Gasteiger partial charge in [-0.15, -0.1) is 0 Å².